The Morgan fingerprint density at radius 3 is 2.89 bits per heavy atom. The first-order chi connectivity index (χ1) is 8.83. The Kier molecular flexibility index (Phi) is 3.57. The summed E-state index contributed by atoms with van der Waals surface area (Å²) in [5, 5.41) is 0.990. The Bertz CT molecular complexity index is 483. The third kappa shape index (κ3) is 2.54. The number of thioether (sulfide) groups is 1. The molecule has 0 aliphatic heterocycles. The van der Waals surface area contributed by atoms with E-state index in [0.29, 0.717) is 6.04 Å². The van der Waals surface area contributed by atoms with Crippen LogP contribution in [0.15, 0.2) is 29.4 Å². The third-order valence-corrected chi connectivity index (χ3v) is 4.80. The van der Waals surface area contributed by atoms with E-state index >= 15 is 0 Å². The van der Waals surface area contributed by atoms with Crippen LogP contribution < -0.4 is 5.73 Å². The topological polar surface area (TPSA) is 54.7 Å². The first kappa shape index (κ1) is 12.1. The minimum absolute atomic E-state index is 0.311. The fourth-order valence-corrected chi connectivity index (χ4v) is 3.66. The molecule has 3 rings (SSSR count). The fourth-order valence-electron chi connectivity index (χ4n) is 2.69. The van der Waals surface area contributed by atoms with Gasteiger partial charge in [0.2, 0.25) is 0 Å². The molecule has 1 aromatic carbocycles. The first-order valence-corrected chi connectivity index (χ1v) is 7.64. The van der Waals surface area contributed by atoms with E-state index in [0.717, 1.165) is 27.9 Å². The molecule has 1 saturated carbocycles. The summed E-state index contributed by atoms with van der Waals surface area (Å²) < 4.78 is 0. The molecule has 1 atom stereocenters. The Morgan fingerprint density at radius 1 is 1.33 bits per heavy atom. The lowest BCUT2D eigenvalue weighted by molar-refractivity contribution is 0.463. The number of aromatic amines is 1. The summed E-state index contributed by atoms with van der Waals surface area (Å²) >= 11 is 1.75. The highest BCUT2D eigenvalue weighted by Crippen LogP contribution is 2.29. The van der Waals surface area contributed by atoms with Crippen LogP contribution in [0, 0.1) is 5.92 Å². The van der Waals surface area contributed by atoms with E-state index in [1.54, 1.807) is 11.8 Å². The van der Waals surface area contributed by atoms with Gasteiger partial charge in [0.25, 0.3) is 0 Å². The van der Waals surface area contributed by atoms with Crippen molar-refractivity contribution in [3.8, 4) is 0 Å². The minimum Gasteiger partial charge on any atom is -0.333 e. The Balaban J connectivity index is 1.62. The van der Waals surface area contributed by atoms with Gasteiger partial charge in [-0.15, -0.1) is 0 Å². The van der Waals surface area contributed by atoms with Gasteiger partial charge in [-0.25, -0.2) is 4.98 Å². The van der Waals surface area contributed by atoms with Crippen molar-refractivity contribution in [2.45, 2.75) is 36.9 Å². The number of nitrogens with one attached hydrogen (secondary N) is 1. The lowest BCUT2D eigenvalue weighted by Gasteiger charge is -2.17. The van der Waals surface area contributed by atoms with E-state index in [9.17, 15) is 0 Å². The van der Waals surface area contributed by atoms with Gasteiger partial charge in [-0.05, 0) is 30.9 Å². The minimum atomic E-state index is 0.311. The predicted molar refractivity (Wildman–Crippen MR) is 76.8 cm³/mol. The van der Waals surface area contributed by atoms with Gasteiger partial charge >= 0.3 is 0 Å². The number of benzene rings is 1. The average molecular weight is 261 g/mol. The second-order valence-corrected chi connectivity index (χ2v) is 6.09. The summed E-state index contributed by atoms with van der Waals surface area (Å²) in [4.78, 5) is 7.90. The highest BCUT2D eigenvalue weighted by Gasteiger charge is 2.22. The Hall–Kier alpha value is -1.00. The molecule has 1 aliphatic carbocycles. The summed E-state index contributed by atoms with van der Waals surface area (Å²) in [7, 11) is 0. The Labute approximate surface area is 112 Å². The molecule has 0 spiro atoms. The van der Waals surface area contributed by atoms with Crippen LogP contribution >= 0.6 is 11.8 Å². The largest absolute Gasteiger partial charge is 0.333 e. The number of nitrogens with zero attached hydrogens (tertiary/aromatic N) is 1. The van der Waals surface area contributed by atoms with Crippen LogP contribution in [0.4, 0.5) is 0 Å². The van der Waals surface area contributed by atoms with E-state index in [1.165, 1.54) is 25.7 Å². The lowest BCUT2D eigenvalue weighted by atomic mass is 10.0. The number of fused-ring (bicyclic) bond motifs is 1. The maximum Gasteiger partial charge on any atom is 0.166 e. The molecular formula is C14H19N3S. The van der Waals surface area contributed by atoms with Gasteiger partial charge in [0.1, 0.15) is 0 Å². The van der Waals surface area contributed by atoms with Crippen molar-refractivity contribution in [3.05, 3.63) is 24.3 Å². The molecule has 3 nitrogen and oxygen atoms in total. The smallest absolute Gasteiger partial charge is 0.166 e. The first-order valence-electron chi connectivity index (χ1n) is 6.66. The zero-order valence-corrected chi connectivity index (χ0v) is 11.2. The third-order valence-electron chi connectivity index (χ3n) is 3.79. The number of H-pyrrole nitrogens is 1. The zero-order chi connectivity index (χ0) is 12.4. The molecule has 1 fully saturated rings. The number of nitrogens with two attached hydrogens (primary N) is 1. The van der Waals surface area contributed by atoms with Gasteiger partial charge < -0.3 is 10.7 Å². The van der Waals surface area contributed by atoms with Crippen LogP contribution in [-0.4, -0.2) is 21.8 Å². The Morgan fingerprint density at radius 2 is 2.11 bits per heavy atom. The van der Waals surface area contributed by atoms with E-state index in [2.05, 4.69) is 16.0 Å². The standard InChI is InChI=1S/C14H19N3S/c15-11(10-5-1-2-6-10)9-18-14-16-12-7-3-4-8-13(12)17-14/h3-4,7-8,10-11H,1-2,5-6,9,15H2,(H,16,17). The number of hydrogen-bond acceptors (Lipinski definition) is 3. The van der Waals surface area contributed by atoms with Crippen LogP contribution in [0.1, 0.15) is 25.7 Å². The summed E-state index contributed by atoms with van der Waals surface area (Å²) in [5.41, 5.74) is 8.40. The monoisotopic (exact) mass is 261 g/mol. The number of imidazole rings is 1. The van der Waals surface area contributed by atoms with Crippen molar-refractivity contribution in [3.63, 3.8) is 0 Å². The molecule has 2 aromatic rings. The lowest BCUT2D eigenvalue weighted by Crippen LogP contribution is -2.30. The quantitative estimate of drug-likeness (QED) is 0.831. The molecule has 3 N–H and O–H groups in total. The molecule has 1 heterocycles. The summed E-state index contributed by atoms with van der Waals surface area (Å²) in [6, 6.07) is 8.45. The second-order valence-electron chi connectivity index (χ2n) is 5.08. The highest BCUT2D eigenvalue weighted by molar-refractivity contribution is 7.99. The van der Waals surface area contributed by atoms with Crippen LogP contribution in [0.2, 0.25) is 0 Å². The molecule has 4 heteroatoms. The molecular weight excluding hydrogens is 242 g/mol. The van der Waals surface area contributed by atoms with Gasteiger partial charge in [0.15, 0.2) is 5.16 Å². The molecule has 1 aliphatic rings. The van der Waals surface area contributed by atoms with Crippen molar-refractivity contribution < 1.29 is 0 Å². The van der Waals surface area contributed by atoms with Crippen LogP contribution in [0.5, 0.6) is 0 Å². The van der Waals surface area contributed by atoms with Gasteiger partial charge in [-0.3, -0.25) is 0 Å². The molecule has 1 aromatic heterocycles. The number of rotatable bonds is 4. The SMILES string of the molecule is NC(CSc1nc2ccccc2[nH]1)C1CCCC1. The summed E-state index contributed by atoms with van der Waals surface area (Å²) in [6.07, 6.45) is 5.32. The van der Waals surface area contributed by atoms with Crippen molar-refractivity contribution in [2.75, 3.05) is 5.75 Å². The molecule has 18 heavy (non-hydrogen) atoms. The van der Waals surface area contributed by atoms with E-state index < -0.39 is 0 Å². The van der Waals surface area contributed by atoms with Crippen LogP contribution in [-0.2, 0) is 0 Å². The van der Waals surface area contributed by atoms with Gasteiger partial charge in [-0.1, -0.05) is 36.7 Å². The molecule has 0 radical (unpaired) electrons. The normalized spacial score (nSPS) is 18.5. The predicted octanol–water partition coefficient (Wildman–Crippen LogP) is 3.17. The maximum absolute atomic E-state index is 6.26. The van der Waals surface area contributed by atoms with Gasteiger partial charge in [-0.2, -0.15) is 0 Å². The molecule has 1 unspecified atom stereocenters. The molecule has 96 valence electrons. The van der Waals surface area contributed by atoms with E-state index in [4.69, 9.17) is 5.73 Å². The van der Waals surface area contributed by atoms with Crippen molar-refractivity contribution in [2.24, 2.45) is 11.7 Å². The van der Waals surface area contributed by atoms with Crippen LogP contribution in [0.25, 0.3) is 11.0 Å². The van der Waals surface area contributed by atoms with Crippen molar-refractivity contribution in [1.29, 1.82) is 0 Å². The van der Waals surface area contributed by atoms with Gasteiger partial charge in [0, 0.05) is 11.8 Å². The van der Waals surface area contributed by atoms with E-state index in [-0.39, 0.29) is 0 Å². The maximum atomic E-state index is 6.26. The number of hydrogen-bond donors (Lipinski definition) is 2. The van der Waals surface area contributed by atoms with E-state index in [1.807, 2.05) is 18.2 Å². The average Bonchev–Trinajstić information content (AvgIpc) is 3.04. The number of para-hydroxylation sites is 2. The fraction of sp³-hybridized carbons (Fsp3) is 0.500. The zero-order valence-electron chi connectivity index (χ0n) is 10.4. The summed E-state index contributed by atoms with van der Waals surface area (Å²) in [5.74, 6) is 1.69. The summed E-state index contributed by atoms with van der Waals surface area (Å²) in [6.45, 7) is 0. The molecule has 0 bridgehead atoms. The number of aromatic nitrogens is 2. The van der Waals surface area contributed by atoms with Gasteiger partial charge in [0.05, 0.1) is 11.0 Å². The second kappa shape index (κ2) is 5.33. The van der Waals surface area contributed by atoms with Crippen LogP contribution in [0.3, 0.4) is 0 Å². The van der Waals surface area contributed by atoms with Crippen molar-refractivity contribution in [1.82, 2.24) is 9.97 Å². The van der Waals surface area contributed by atoms with Crippen molar-refractivity contribution >= 4 is 22.8 Å². The molecule has 0 saturated heterocycles. The highest BCUT2D eigenvalue weighted by atomic mass is 32.2. The molecule has 0 amide bonds.